The number of amides is 1. The van der Waals surface area contributed by atoms with Crippen LogP contribution < -0.4 is 0 Å². The summed E-state index contributed by atoms with van der Waals surface area (Å²) in [4.78, 5) is 14.5. The Morgan fingerprint density at radius 1 is 1.03 bits per heavy atom. The first kappa shape index (κ1) is 22.5. The predicted molar refractivity (Wildman–Crippen MR) is 127 cm³/mol. The van der Waals surface area contributed by atoms with Gasteiger partial charge in [-0.1, -0.05) is 36.8 Å². The third-order valence-electron chi connectivity index (χ3n) is 5.64. The van der Waals surface area contributed by atoms with Gasteiger partial charge in [-0.2, -0.15) is 10.2 Å². The molecule has 0 aliphatic rings. The van der Waals surface area contributed by atoms with Gasteiger partial charge in [0.05, 0.1) is 11.4 Å². The molecule has 170 valence electrons. The van der Waals surface area contributed by atoms with Gasteiger partial charge in [-0.3, -0.25) is 9.89 Å². The Morgan fingerprint density at radius 2 is 1.85 bits per heavy atom. The van der Waals surface area contributed by atoms with Crippen LogP contribution in [-0.2, 0) is 6.42 Å². The fraction of sp³-hybridized carbons (Fsp3) is 0.269. The molecule has 0 aliphatic heterocycles. The number of unbranched alkanes of at least 4 members (excludes halogenated alkanes) is 2. The molecule has 0 radical (unpaired) electrons. The van der Waals surface area contributed by atoms with E-state index in [1.807, 2.05) is 62.5 Å². The van der Waals surface area contributed by atoms with E-state index in [2.05, 4.69) is 15.3 Å². The summed E-state index contributed by atoms with van der Waals surface area (Å²) >= 11 is 0. The van der Waals surface area contributed by atoms with Crippen LogP contribution in [0, 0.1) is 12.7 Å². The molecule has 0 saturated carbocycles. The zero-order chi connectivity index (χ0) is 23.2. The van der Waals surface area contributed by atoms with E-state index >= 15 is 0 Å². The third-order valence-corrected chi connectivity index (χ3v) is 5.64. The van der Waals surface area contributed by atoms with Crippen molar-refractivity contribution >= 4 is 5.91 Å². The number of nitrogens with one attached hydrogen (secondary N) is 1. The monoisotopic (exact) mass is 445 g/mol. The zero-order valence-corrected chi connectivity index (χ0v) is 19.0. The molecule has 0 fully saturated rings. The molecule has 6 nitrogen and oxygen atoms in total. The number of hydrogen-bond acceptors (Lipinski definition) is 3. The second kappa shape index (κ2) is 10.3. The molecule has 0 aliphatic carbocycles. The van der Waals surface area contributed by atoms with Crippen molar-refractivity contribution in [1.29, 1.82) is 0 Å². The number of nitrogens with zero attached hydrogens (tertiary/aromatic N) is 4. The Hall–Kier alpha value is -3.74. The minimum Gasteiger partial charge on any atom is -0.340 e. The molecule has 0 spiro atoms. The summed E-state index contributed by atoms with van der Waals surface area (Å²) in [5.41, 5.74) is 4.87. The summed E-state index contributed by atoms with van der Waals surface area (Å²) in [6, 6.07) is 20.0. The van der Waals surface area contributed by atoms with Crippen LogP contribution in [0.3, 0.4) is 0 Å². The fourth-order valence-corrected chi connectivity index (χ4v) is 3.83. The molecule has 0 unspecified atom stereocenters. The molecule has 0 saturated heterocycles. The molecule has 1 N–H and O–H groups in total. The van der Waals surface area contributed by atoms with Crippen LogP contribution in [0.15, 0.2) is 66.7 Å². The van der Waals surface area contributed by atoms with E-state index in [1.165, 1.54) is 12.1 Å². The number of para-hydroxylation sites is 1. The summed E-state index contributed by atoms with van der Waals surface area (Å²) in [7, 11) is 1.82. The van der Waals surface area contributed by atoms with Crippen molar-refractivity contribution in [2.45, 2.75) is 32.6 Å². The highest BCUT2D eigenvalue weighted by atomic mass is 19.1. The summed E-state index contributed by atoms with van der Waals surface area (Å²) < 4.78 is 15.2. The second-order valence-electron chi connectivity index (χ2n) is 8.24. The fourth-order valence-electron chi connectivity index (χ4n) is 3.83. The van der Waals surface area contributed by atoms with Gasteiger partial charge in [0.15, 0.2) is 5.69 Å². The highest BCUT2D eigenvalue weighted by Crippen LogP contribution is 2.19. The first-order valence-electron chi connectivity index (χ1n) is 11.2. The third kappa shape index (κ3) is 5.55. The highest BCUT2D eigenvalue weighted by molar-refractivity contribution is 5.92. The van der Waals surface area contributed by atoms with Gasteiger partial charge in [-0.25, -0.2) is 9.07 Å². The maximum absolute atomic E-state index is 13.4. The molecule has 0 bridgehead atoms. The summed E-state index contributed by atoms with van der Waals surface area (Å²) in [5, 5.41) is 11.8. The second-order valence-corrected chi connectivity index (χ2v) is 8.24. The van der Waals surface area contributed by atoms with E-state index in [1.54, 1.807) is 15.6 Å². The van der Waals surface area contributed by atoms with Crippen LogP contribution in [0.4, 0.5) is 4.39 Å². The number of carbonyl (C=O) groups is 1. The number of hydrogen-bond donors (Lipinski definition) is 1. The number of aromatic amines is 1. The van der Waals surface area contributed by atoms with E-state index in [0.29, 0.717) is 12.2 Å². The zero-order valence-electron chi connectivity index (χ0n) is 19.0. The summed E-state index contributed by atoms with van der Waals surface area (Å²) in [5.74, 6) is -0.334. The number of H-pyrrole nitrogens is 1. The topological polar surface area (TPSA) is 66.8 Å². The van der Waals surface area contributed by atoms with Crippen LogP contribution in [0.2, 0.25) is 0 Å². The molecule has 2 aromatic heterocycles. The molecule has 1 amide bonds. The Bertz CT molecular complexity index is 1210. The van der Waals surface area contributed by atoms with Crippen molar-refractivity contribution in [3.05, 3.63) is 89.6 Å². The Morgan fingerprint density at radius 3 is 2.64 bits per heavy atom. The lowest BCUT2D eigenvalue weighted by Gasteiger charge is -2.15. The van der Waals surface area contributed by atoms with Crippen LogP contribution in [0.5, 0.6) is 0 Å². The first-order chi connectivity index (χ1) is 16.0. The van der Waals surface area contributed by atoms with Gasteiger partial charge in [0.25, 0.3) is 5.91 Å². The van der Waals surface area contributed by atoms with E-state index in [9.17, 15) is 9.18 Å². The van der Waals surface area contributed by atoms with E-state index in [-0.39, 0.29) is 11.7 Å². The maximum atomic E-state index is 13.4. The first-order valence-corrected chi connectivity index (χ1v) is 11.2. The van der Waals surface area contributed by atoms with Crippen LogP contribution in [0.25, 0.3) is 16.9 Å². The van der Waals surface area contributed by atoms with Gasteiger partial charge in [0.2, 0.25) is 0 Å². The summed E-state index contributed by atoms with van der Waals surface area (Å²) in [6.07, 6.45) is 3.74. The van der Waals surface area contributed by atoms with Gasteiger partial charge < -0.3 is 4.90 Å². The number of rotatable bonds is 9. The minimum atomic E-state index is -0.266. The van der Waals surface area contributed by atoms with Crippen molar-refractivity contribution in [2.75, 3.05) is 13.6 Å². The van der Waals surface area contributed by atoms with Crippen molar-refractivity contribution in [1.82, 2.24) is 24.9 Å². The Balaban J connectivity index is 1.23. The van der Waals surface area contributed by atoms with Gasteiger partial charge >= 0.3 is 0 Å². The average Bonchev–Trinajstić information content (AvgIpc) is 3.45. The van der Waals surface area contributed by atoms with Gasteiger partial charge in [0.1, 0.15) is 5.82 Å². The minimum absolute atomic E-state index is 0.0684. The Labute approximate surface area is 193 Å². The lowest BCUT2D eigenvalue weighted by atomic mass is 10.1. The molecule has 4 rings (SSSR count). The molecule has 33 heavy (non-hydrogen) atoms. The molecular weight excluding hydrogens is 417 g/mol. The lowest BCUT2D eigenvalue weighted by molar-refractivity contribution is 0.0786. The van der Waals surface area contributed by atoms with Crippen molar-refractivity contribution in [2.24, 2.45) is 0 Å². The van der Waals surface area contributed by atoms with Gasteiger partial charge in [-0.15, -0.1) is 0 Å². The van der Waals surface area contributed by atoms with Crippen molar-refractivity contribution < 1.29 is 9.18 Å². The van der Waals surface area contributed by atoms with Crippen molar-refractivity contribution in [3.63, 3.8) is 0 Å². The van der Waals surface area contributed by atoms with Gasteiger partial charge in [0, 0.05) is 30.5 Å². The molecular formula is C26H28FN5O. The van der Waals surface area contributed by atoms with Crippen LogP contribution in [-0.4, -0.2) is 44.4 Å². The van der Waals surface area contributed by atoms with E-state index < -0.39 is 0 Å². The lowest BCUT2D eigenvalue weighted by Crippen LogP contribution is -2.28. The normalized spacial score (nSPS) is 11.0. The number of carbonyl (C=O) groups excluding carboxylic acids is 1. The SMILES string of the molecule is Cc1cc(C(=O)N(C)CCCCCc2cc(-c3cccc(F)c3)n[nH]2)nn1-c1ccccc1. The molecule has 0 atom stereocenters. The predicted octanol–water partition coefficient (Wildman–Crippen LogP) is 5.19. The molecule has 2 heterocycles. The molecule has 7 heteroatoms. The highest BCUT2D eigenvalue weighted by Gasteiger charge is 2.17. The standard InChI is InChI=1S/C26H28FN5O/c1-19-16-25(30-32(19)23-13-6-3-7-14-23)26(33)31(2)15-8-4-5-12-22-18-24(29-28-22)20-10-9-11-21(27)17-20/h3,6-7,9-11,13-14,16-18H,4-5,8,12,15H2,1-2H3,(H,28,29). The number of benzene rings is 2. The number of aryl methyl sites for hydroxylation is 2. The summed E-state index contributed by atoms with van der Waals surface area (Å²) in [6.45, 7) is 2.62. The van der Waals surface area contributed by atoms with Crippen LogP contribution >= 0.6 is 0 Å². The average molecular weight is 446 g/mol. The van der Waals surface area contributed by atoms with E-state index in [4.69, 9.17) is 0 Å². The van der Waals surface area contributed by atoms with E-state index in [0.717, 1.165) is 54.0 Å². The molecule has 2 aromatic carbocycles. The van der Waals surface area contributed by atoms with Crippen LogP contribution in [0.1, 0.15) is 41.1 Å². The number of halogens is 1. The molecule has 4 aromatic rings. The number of aromatic nitrogens is 4. The largest absolute Gasteiger partial charge is 0.340 e. The van der Waals surface area contributed by atoms with Crippen molar-refractivity contribution in [3.8, 4) is 16.9 Å². The smallest absolute Gasteiger partial charge is 0.274 e. The maximum Gasteiger partial charge on any atom is 0.274 e. The Kier molecular flexibility index (Phi) is 6.98. The van der Waals surface area contributed by atoms with Gasteiger partial charge in [-0.05, 0) is 62.6 Å². The quantitative estimate of drug-likeness (QED) is 0.360.